The van der Waals surface area contributed by atoms with Gasteiger partial charge in [-0.3, -0.25) is 4.79 Å². The highest BCUT2D eigenvalue weighted by Crippen LogP contribution is 2.13. The molecular formula is C12H10FNOS. The Bertz CT molecular complexity index is 508. The lowest BCUT2D eigenvalue weighted by Gasteiger charge is -2.03. The fourth-order valence-corrected chi connectivity index (χ4v) is 2.00. The van der Waals surface area contributed by atoms with Gasteiger partial charge in [-0.15, -0.1) is 11.3 Å². The Morgan fingerprint density at radius 1 is 1.50 bits per heavy atom. The van der Waals surface area contributed by atoms with Gasteiger partial charge in [0.2, 0.25) is 0 Å². The molecule has 0 amide bonds. The molecule has 2 aromatic rings. The summed E-state index contributed by atoms with van der Waals surface area (Å²) >= 11 is 1.38. The predicted octanol–water partition coefficient (Wildman–Crippen LogP) is 3.02. The van der Waals surface area contributed by atoms with E-state index >= 15 is 0 Å². The minimum atomic E-state index is -0.313. The van der Waals surface area contributed by atoms with E-state index < -0.39 is 0 Å². The van der Waals surface area contributed by atoms with E-state index in [0.717, 1.165) is 11.1 Å². The van der Waals surface area contributed by atoms with Crippen LogP contribution >= 0.6 is 11.3 Å². The Kier molecular flexibility index (Phi) is 3.10. The van der Waals surface area contributed by atoms with Crippen molar-refractivity contribution >= 4 is 17.1 Å². The maximum Gasteiger partial charge on any atom is 0.186 e. The summed E-state index contributed by atoms with van der Waals surface area (Å²) in [7, 11) is 0. The molecule has 0 saturated carbocycles. The summed E-state index contributed by atoms with van der Waals surface area (Å²) in [5.41, 5.74) is 3.71. The van der Waals surface area contributed by atoms with Crippen LogP contribution in [0.4, 0.5) is 4.39 Å². The Balaban J connectivity index is 2.21. The van der Waals surface area contributed by atoms with Crippen LogP contribution in [-0.4, -0.2) is 10.8 Å². The first-order valence-electron chi connectivity index (χ1n) is 4.83. The number of halogens is 1. The number of benzene rings is 1. The van der Waals surface area contributed by atoms with Crippen molar-refractivity contribution in [1.29, 1.82) is 0 Å². The van der Waals surface area contributed by atoms with Gasteiger partial charge in [0, 0.05) is 11.8 Å². The van der Waals surface area contributed by atoms with E-state index in [4.69, 9.17) is 0 Å². The first-order valence-corrected chi connectivity index (χ1v) is 5.77. The number of carbonyl (C=O) groups excluding carboxylic acids is 1. The Labute approximate surface area is 96.8 Å². The average Bonchev–Trinajstić information content (AvgIpc) is 2.76. The molecular weight excluding hydrogens is 225 g/mol. The van der Waals surface area contributed by atoms with Crippen LogP contribution in [-0.2, 0) is 6.42 Å². The van der Waals surface area contributed by atoms with Crippen LogP contribution in [0.3, 0.4) is 0 Å². The molecule has 0 N–H and O–H groups in total. The summed E-state index contributed by atoms with van der Waals surface area (Å²) < 4.78 is 13.0. The monoisotopic (exact) mass is 235 g/mol. The van der Waals surface area contributed by atoms with E-state index in [1.165, 1.54) is 23.5 Å². The number of rotatable bonds is 3. The molecule has 0 aliphatic rings. The van der Waals surface area contributed by atoms with E-state index in [-0.39, 0.29) is 18.0 Å². The average molecular weight is 235 g/mol. The maximum absolute atomic E-state index is 13.0. The molecule has 16 heavy (non-hydrogen) atoms. The third-order valence-electron chi connectivity index (χ3n) is 2.38. The van der Waals surface area contributed by atoms with Crippen molar-refractivity contribution in [2.75, 3.05) is 0 Å². The zero-order chi connectivity index (χ0) is 11.5. The van der Waals surface area contributed by atoms with Gasteiger partial charge in [-0.25, -0.2) is 9.37 Å². The molecule has 0 unspecified atom stereocenters. The molecule has 0 saturated heterocycles. The van der Waals surface area contributed by atoms with Crippen molar-refractivity contribution in [3.8, 4) is 0 Å². The summed E-state index contributed by atoms with van der Waals surface area (Å²) in [6, 6.07) is 4.48. The van der Waals surface area contributed by atoms with Crippen molar-refractivity contribution in [3.05, 3.63) is 51.7 Å². The molecule has 0 bridgehead atoms. The largest absolute Gasteiger partial charge is 0.292 e. The maximum atomic E-state index is 13.0. The minimum absolute atomic E-state index is 0.0741. The standard InChI is InChI=1S/C12H10FNOS/c1-8-2-3-10(13)4-9(8)5-12(15)11-6-16-7-14-11/h2-4,6-7H,5H2,1H3. The molecule has 0 aliphatic carbocycles. The van der Waals surface area contributed by atoms with Crippen LogP contribution in [0.5, 0.6) is 0 Å². The van der Waals surface area contributed by atoms with Gasteiger partial charge in [0.05, 0.1) is 5.51 Å². The molecule has 82 valence electrons. The number of nitrogens with zero attached hydrogens (tertiary/aromatic N) is 1. The fourth-order valence-electron chi connectivity index (χ4n) is 1.44. The van der Waals surface area contributed by atoms with E-state index in [2.05, 4.69) is 4.98 Å². The van der Waals surface area contributed by atoms with Crippen molar-refractivity contribution in [2.24, 2.45) is 0 Å². The second-order valence-electron chi connectivity index (χ2n) is 3.54. The zero-order valence-corrected chi connectivity index (χ0v) is 9.55. The Morgan fingerprint density at radius 2 is 2.31 bits per heavy atom. The van der Waals surface area contributed by atoms with Gasteiger partial charge in [0.15, 0.2) is 5.78 Å². The van der Waals surface area contributed by atoms with Gasteiger partial charge in [-0.05, 0) is 30.2 Å². The molecule has 0 radical (unpaired) electrons. The van der Waals surface area contributed by atoms with Crippen molar-refractivity contribution in [3.63, 3.8) is 0 Å². The van der Waals surface area contributed by atoms with Crippen LogP contribution in [0.15, 0.2) is 29.1 Å². The SMILES string of the molecule is Cc1ccc(F)cc1CC(=O)c1cscn1. The van der Waals surface area contributed by atoms with Gasteiger partial charge in [0.25, 0.3) is 0 Å². The van der Waals surface area contributed by atoms with Gasteiger partial charge in [-0.1, -0.05) is 6.07 Å². The van der Waals surface area contributed by atoms with Crippen LogP contribution in [0, 0.1) is 12.7 Å². The predicted molar refractivity (Wildman–Crippen MR) is 61.3 cm³/mol. The van der Waals surface area contributed by atoms with E-state index in [1.54, 1.807) is 17.0 Å². The van der Waals surface area contributed by atoms with Gasteiger partial charge in [-0.2, -0.15) is 0 Å². The van der Waals surface area contributed by atoms with E-state index in [0.29, 0.717) is 5.69 Å². The third-order valence-corrected chi connectivity index (χ3v) is 2.97. The Hall–Kier alpha value is -1.55. The van der Waals surface area contributed by atoms with Gasteiger partial charge in [0.1, 0.15) is 11.5 Å². The number of hydrogen-bond acceptors (Lipinski definition) is 3. The fraction of sp³-hybridized carbons (Fsp3) is 0.167. The molecule has 1 aromatic carbocycles. The smallest absolute Gasteiger partial charge is 0.186 e. The molecule has 2 rings (SSSR count). The summed E-state index contributed by atoms with van der Waals surface area (Å²) in [6.07, 6.45) is 0.202. The second-order valence-corrected chi connectivity index (χ2v) is 4.26. The highest BCUT2D eigenvalue weighted by Gasteiger charge is 2.11. The van der Waals surface area contributed by atoms with Crippen molar-refractivity contribution in [2.45, 2.75) is 13.3 Å². The molecule has 0 atom stereocenters. The summed E-state index contributed by atoms with van der Waals surface area (Å²) in [6.45, 7) is 1.86. The van der Waals surface area contributed by atoms with E-state index in [9.17, 15) is 9.18 Å². The number of Topliss-reactive ketones (excluding diaryl/α,β-unsaturated/α-hetero) is 1. The van der Waals surface area contributed by atoms with Crippen LogP contribution in [0.1, 0.15) is 21.6 Å². The minimum Gasteiger partial charge on any atom is -0.292 e. The molecule has 4 heteroatoms. The summed E-state index contributed by atoms with van der Waals surface area (Å²) in [5, 5.41) is 1.71. The van der Waals surface area contributed by atoms with Crippen molar-refractivity contribution in [1.82, 2.24) is 4.98 Å². The number of thiazole rings is 1. The van der Waals surface area contributed by atoms with Crippen LogP contribution in [0.25, 0.3) is 0 Å². The molecule has 0 fully saturated rings. The Morgan fingerprint density at radius 3 is 3.00 bits per heavy atom. The number of ketones is 1. The topological polar surface area (TPSA) is 30.0 Å². The lowest BCUT2D eigenvalue weighted by atomic mass is 10.0. The first kappa shape index (κ1) is 11.0. The molecule has 0 spiro atoms. The number of carbonyl (C=O) groups is 1. The highest BCUT2D eigenvalue weighted by atomic mass is 32.1. The molecule has 1 aromatic heterocycles. The molecule has 1 heterocycles. The van der Waals surface area contributed by atoms with Crippen LogP contribution in [0.2, 0.25) is 0 Å². The third kappa shape index (κ3) is 2.33. The lowest BCUT2D eigenvalue weighted by Crippen LogP contribution is -2.05. The first-order chi connectivity index (χ1) is 7.66. The molecule has 2 nitrogen and oxygen atoms in total. The van der Waals surface area contributed by atoms with Crippen LogP contribution < -0.4 is 0 Å². The summed E-state index contributed by atoms with van der Waals surface area (Å²) in [4.78, 5) is 15.7. The lowest BCUT2D eigenvalue weighted by molar-refractivity contribution is 0.0988. The van der Waals surface area contributed by atoms with E-state index in [1.807, 2.05) is 6.92 Å². The molecule has 0 aliphatic heterocycles. The quantitative estimate of drug-likeness (QED) is 0.765. The van der Waals surface area contributed by atoms with Gasteiger partial charge >= 0.3 is 0 Å². The number of hydrogen-bond donors (Lipinski definition) is 0. The number of aromatic nitrogens is 1. The zero-order valence-electron chi connectivity index (χ0n) is 8.74. The second kappa shape index (κ2) is 4.53. The number of aryl methyl sites for hydroxylation is 1. The van der Waals surface area contributed by atoms with Gasteiger partial charge < -0.3 is 0 Å². The highest BCUT2D eigenvalue weighted by molar-refractivity contribution is 7.07. The summed E-state index contributed by atoms with van der Waals surface area (Å²) in [5.74, 6) is -0.387. The van der Waals surface area contributed by atoms with Crippen molar-refractivity contribution < 1.29 is 9.18 Å². The normalized spacial score (nSPS) is 10.4.